The Kier molecular flexibility index (Phi) is 5.57. The van der Waals surface area contributed by atoms with Gasteiger partial charge in [0.05, 0.1) is 0 Å². The Morgan fingerprint density at radius 2 is 1.72 bits per heavy atom. The summed E-state index contributed by atoms with van der Waals surface area (Å²) in [7, 11) is -3.30. The number of aromatic nitrogens is 2. The maximum absolute atomic E-state index is 11.6. The summed E-state index contributed by atoms with van der Waals surface area (Å²) in [5.74, 6) is 2.18. The van der Waals surface area contributed by atoms with Crippen molar-refractivity contribution in [2.45, 2.75) is 30.3 Å². The van der Waals surface area contributed by atoms with E-state index in [9.17, 15) is 8.42 Å². The van der Waals surface area contributed by atoms with E-state index in [1.807, 2.05) is 18.2 Å². The molecule has 0 bridgehead atoms. The van der Waals surface area contributed by atoms with E-state index in [1.165, 1.54) is 23.5 Å². The van der Waals surface area contributed by atoms with Crippen molar-refractivity contribution in [2.24, 2.45) is 0 Å². The van der Waals surface area contributed by atoms with E-state index in [0.29, 0.717) is 25.1 Å². The molecule has 7 nitrogen and oxygen atoms in total. The molecule has 0 amide bonds. The van der Waals surface area contributed by atoms with Crippen LogP contribution in [0.4, 0.5) is 0 Å². The fraction of sp³-hybridized carbons (Fsp3) is 0.333. The van der Waals surface area contributed by atoms with Gasteiger partial charge in [-0.1, -0.05) is 30.3 Å². The van der Waals surface area contributed by atoms with Gasteiger partial charge in [0, 0.05) is 36.8 Å². The van der Waals surface area contributed by atoms with E-state index in [0.717, 1.165) is 49.2 Å². The molecule has 0 aliphatic carbocycles. The Labute approximate surface area is 188 Å². The standard InChI is InChI=1S/C24H25N3O4S/c1-32(28,29)20-14-25-24(26-15-20)18-6-4-17(5-7-18)16-27-10-2-3-21(27)19-8-9-22-23(13-19)31-12-11-30-22/h4-9,13-15,21H,2-3,10-12,16H2,1H3/t21-/m0/s1. The van der Waals surface area contributed by atoms with Gasteiger partial charge in [0.1, 0.15) is 18.1 Å². The lowest BCUT2D eigenvalue weighted by atomic mass is 10.0. The lowest BCUT2D eigenvalue weighted by molar-refractivity contribution is 0.170. The van der Waals surface area contributed by atoms with Crippen LogP contribution >= 0.6 is 0 Å². The topological polar surface area (TPSA) is 81.6 Å². The second-order valence-electron chi connectivity index (χ2n) is 8.24. The molecule has 1 aromatic heterocycles. The second kappa shape index (κ2) is 8.52. The van der Waals surface area contributed by atoms with E-state index < -0.39 is 9.84 Å². The highest BCUT2D eigenvalue weighted by Gasteiger charge is 2.27. The molecule has 0 N–H and O–H groups in total. The number of hydrogen-bond acceptors (Lipinski definition) is 7. The van der Waals surface area contributed by atoms with Crippen molar-refractivity contribution in [3.63, 3.8) is 0 Å². The Morgan fingerprint density at radius 1 is 1.00 bits per heavy atom. The van der Waals surface area contributed by atoms with Crippen LogP contribution in [0.5, 0.6) is 11.5 Å². The zero-order chi connectivity index (χ0) is 22.1. The number of nitrogens with zero attached hydrogens (tertiary/aromatic N) is 3. The van der Waals surface area contributed by atoms with Gasteiger partial charge in [-0.2, -0.15) is 0 Å². The third-order valence-corrected chi connectivity index (χ3v) is 7.04. The van der Waals surface area contributed by atoms with Crippen molar-refractivity contribution >= 4 is 9.84 Å². The molecule has 0 saturated carbocycles. The van der Waals surface area contributed by atoms with Gasteiger partial charge < -0.3 is 9.47 Å². The van der Waals surface area contributed by atoms with Gasteiger partial charge >= 0.3 is 0 Å². The average Bonchev–Trinajstić information content (AvgIpc) is 3.27. The Hall–Kier alpha value is -2.97. The first kappa shape index (κ1) is 20.9. The van der Waals surface area contributed by atoms with Crippen LogP contribution in [0.3, 0.4) is 0 Å². The summed E-state index contributed by atoms with van der Waals surface area (Å²) in [4.78, 5) is 11.0. The monoisotopic (exact) mass is 451 g/mol. The molecule has 1 atom stereocenters. The maximum Gasteiger partial charge on any atom is 0.178 e. The molecule has 2 aliphatic rings. The van der Waals surface area contributed by atoms with Crippen molar-refractivity contribution < 1.29 is 17.9 Å². The van der Waals surface area contributed by atoms with Crippen LogP contribution in [0.25, 0.3) is 11.4 Å². The molecule has 2 aliphatic heterocycles. The zero-order valence-corrected chi connectivity index (χ0v) is 18.7. The van der Waals surface area contributed by atoms with Crippen LogP contribution in [0.15, 0.2) is 59.8 Å². The van der Waals surface area contributed by atoms with E-state index in [2.05, 4.69) is 39.1 Å². The lowest BCUT2D eigenvalue weighted by Gasteiger charge is -2.26. The smallest absolute Gasteiger partial charge is 0.178 e. The minimum atomic E-state index is -3.30. The molecule has 1 saturated heterocycles. The van der Waals surface area contributed by atoms with Crippen LogP contribution in [-0.2, 0) is 16.4 Å². The highest BCUT2D eigenvalue weighted by atomic mass is 32.2. The minimum absolute atomic E-state index is 0.122. The van der Waals surface area contributed by atoms with E-state index >= 15 is 0 Å². The van der Waals surface area contributed by atoms with Gasteiger partial charge in [0.25, 0.3) is 0 Å². The third-order valence-electron chi connectivity index (χ3n) is 5.97. The first-order valence-corrected chi connectivity index (χ1v) is 12.6. The summed E-state index contributed by atoms with van der Waals surface area (Å²) in [6, 6.07) is 14.8. The molecule has 0 spiro atoms. The first-order chi connectivity index (χ1) is 15.5. The number of fused-ring (bicyclic) bond motifs is 1. The van der Waals surface area contributed by atoms with Crippen LogP contribution in [0.1, 0.15) is 30.0 Å². The third kappa shape index (κ3) is 4.33. The van der Waals surface area contributed by atoms with Crippen molar-refractivity contribution in [1.82, 2.24) is 14.9 Å². The molecule has 3 aromatic rings. The minimum Gasteiger partial charge on any atom is -0.486 e. The Bertz CT molecular complexity index is 1210. The highest BCUT2D eigenvalue weighted by Crippen LogP contribution is 2.38. The van der Waals surface area contributed by atoms with Crippen molar-refractivity contribution in [2.75, 3.05) is 26.0 Å². The first-order valence-electron chi connectivity index (χ1n) is 10.7. The second-order valence-corrected chi connectivity index (χ2v) is 10.3. The van der Waals surface area contributed by atoms with Crippen LogP contribution < -0.4 is 9.47 Å². The Balaban J connectivity index is 1.30. The van der Waals surface area contributed by atoms with Crippen molar-refractivity contribution in [3.05, 3.63) is 66.0 Å². The molecule has 166 valence electrons. The number of ether oxygens (including phenoxy) is 2. The summed E-state index contributed by atoms with van der Waals surface area (Å²) in [5.41, 5.74) is 3.34. The van der Waals surface area contributed by atoms with Gasteiger partial charge in [-0.05, 0) is 42.6 Å². The summed E-state index contributed by atoms with van der Waals surface area (Å²) >= 11 is 0. The molecular weight excluding hydrogens is 426 g/mol. The molecule has 2 aromatic carbocycles. The van der Waals surface area contributed by atoms with Gasteiger partial charge in [0.2, 0.25) is 0 Å². The van der Waals surface area contributed by atoms with E-state index in [4.69, 9.17) is 9.47 Å². The normalized spacial score (nSPS) is 18.6. The average molecular weight is 452 g/mol. The predicted molar refractivity (Wildman–Crippen MR) is 120 cm³/mol. The van der Waals surface area contributed by atoms with Crippen LogP contribution in [0, 0.1) is 0 Å². The van der Waals surface area contributed by atoms with Crippen LogP contribution in [-0.4, -0.2) is 49.3 Å². The van der Waals surface area contributed by atoms with Gasteiger partial charge in [0.15, 0.2) is 27.2 Å². The fourth-order valence-corrected chi connectivity index (χ4v) is 4.80. The molecule has 5 rings (SSSR count). The molecule has 0 radical (unpaired) electrons. The molecular formula is C24H25N3O4S. The summed E-state index contributed by atoms with van der Waals surface area (Å²) < 4.78 is 34.6. The summed E-state index contributed by atoms with van der Waals surface area (Å²) in [6.07, 6.45) is 6.15. The molecule has 3 heterocycles. The van der Waals surface area contributed by atoms with E-state index in [1.54, 1.807) is 0 Å². The number of likely N-dealkylation sites (tertiary alicyclic amines) is 1. The fourth-order valence-electron chi connectivity index (χ4n) is 4.31. The van der Waals surface area contributed by atoms with Crippen molar-refractivity contribution in [1.29, 1.82) is 0 Å². The molecule has 0 unspecified atom stereocenters. The summed E-state index contributed by atoms with van der Waals surface area (Å²) in [5, 5.41) is 0. The molecule has 1 fully saturated rings. The number of sulfone groups is 1. The van der Waals surface area contributed by atoms with Crippen LogP contribution in [0.2, 0.25) is 0 Å². The quantitative estimate of drug-likeness (QED) is 0.586. The van der Waals surface area contributed by atoms with Crippen molar-refractivity contribution in [3.8, 4) is 22.9 Å². The highest BCUT2D eigenvalue weighted by molar-refractivity contribution is 7.90. The van der Waals surface area contributed by atoms with E-state index in [-0.39, 0.29) is 4.90 Å². The number of hydrogen-bond donors (Lipinski definition) is 0. The molecule has 32 heavy (non-hydrogen) atoms. The molecule has 8 heteroatoms. The number of benzene rings is 2. The SMILES string of the molecule is CS(=O)(=O)c1cnc(-c2ccc(CN3CCC[C@H]3c3ccc4c(c3)OCCO4)cc2)nc1. The van der Waals surface area contributed by atoms with Gasteiger partial charge in [-0.3, -0.25) is 4.90 Å². The Morgan fingerprint density at radius 3 is 2.44 bits per heavy atom. The number of rotatable bonds is 5. The predicted octanol–water partition coefficient (Wildman–Crippen LogP) is 3.66. The largest absolute Gasteiger partial charge is 0.486 e. The lowest BCUT2D eigenvalue weighted by Crippen LogP contribution is -2.23. The summed E-state index contributed by atoms with van der Waals surface area (Å²) in [6.45, 7) is 3.10. The zero-order valence-electron chi connectivity index (χ0n) is 17.9. The maximum atomic E-state index is 11.6. The van der Waals surface area contributed by atoms with Gasteiger partial charge in [-0.15, -0.1) is 0 Å². The van der Waals surface area contributed by atoms with Gasteiger partial charge in [-0.25, -0.2) is 18.4 Å².